The summed E-state index contributed by atoms with van der Waals surface area (Å²) in [6.45, 7) is -0.205. The maximum Gasteiger partial charge on any atom is 0.416 e. The van der Waals surface area contributed by atoms with Crippen molar-refractivity contribution in [3.8, 4) is 17.6 Å². The van der Waals surface area contributed by atoms with Crippen LogP contribution in [0.1, 0.15) is 16.7 Å². The molecule has 0 spiro atoms. The molecule has 21 heavy (non-hydrogen) atoms. The molecule has 0 unspecified atom stereocenters. The first-order chi connectivity index (χ1) is 9.92. The molecule has 2 rings (SSSR count). The van der Waals surface area contributed by atoms with Crippen molar-refractivity contribution >= 4 is 0 Å². The molecule has 0 radical (unpaired) electrons. The van der Waals surface area contributed by atoms with Gasteiger partial charge in [-0.25, -0.2) is 0 Å². The van der Waals surface area contributed by atoms with Crippen molar-refractivity contribution in [2.45, 2.75) is 12.8 Å². The monoisotopic (exact) mass is 293 g/mol. The van der Waals surface area contributed by atoms with Gasteiger partial charge in [0.25, 0.3) is 0 Å². The van der Waals surface area contributed by atoms with Crippen molar-refractivity contribution < 1.29 is 23.0 Å². The summed E-state index contributed by atoms with van der Waals surface area (Å²) in [5, 5.41) is 17.8. The highest BCUT2D eigenvalue weighted by molar-refractivity contribution is 5.44. The number of hydrogen-bond acceptors (Lipinski definition) is 3. The summed E-state index contributed by atoms with van der Waals surface area (Å²) >= 11 is 0. The quantitative estimate of drug-likeness (QED) is 0.934. The van der Waals surface area contributed by atoms with Crippen LogP contribution in [0.2, 0.25) is 0 Å². The Morgan fingerprint density at radius 2 is 1.86 bits per heavy atom. The van der Waals surface area contributed by atoms with Crippen LogP contribution in [0.15, 0.2) is 42.5 Å². The Bertz CT molecular complexity index is 690. The van der Waals surface area contributed by atoms with E-state index in [4.69, 9.17) is 15.1 Å². The highest BCUT2D eigenvalue weighted by atomic mass is 19.4. The zero-order valence-electron chi connectivity index (χ0n) is 10.7. The van der Waals surface area contributed by atoms with E-state index in [1.807, 2.05) is 0 Å². The van der Waals surface area contributed by atoms with Gasteiger partial charge in [-0.2, -0.15) is 18.4 Å². The lowest BCUT2D eigenvalue weighted by Crippen LogP contribution is -2.05. The predicted molar refractivity (Wildman–Crippen MR) is 68.6 cm³/mol. The molecule has 0 saturated carbocycles. The third-order valence-electron chi connectivity index (χ3n) is 2.68. The van der Waals surface area contributed by atoms with Gasteiger partial charge in [0.1, 0.15) is 11.5 Å². The van der Waals surface area contributed by atoms with Gasteiger partial charge < -0.3 is 9.84 Å². The molecular weight excluding hydrogens is 283 g/mol. The maximum absolute atomic E-state index is 12.7. The molecule has 6 heteroatoms. The van der Waals surface area contributed by atoms with Crippen molar-refractivity contribution in [2.24, 2.45) is 0 Å². The van der Waals surface area contributed by atoms with Crippen LogP contribution in [0, 0.1) is 11.3 Å². The van der Waals surface area contributed by atoms with E-state index in [0.29, 0.717) is 5.56 Å². The van der Waals surface area contributed by atoms with Gasteiger partial charge in [-0.3, -0.25) is 0 Å². The van der Waals surface area contributed by atoms with Crippen LogP contribution in [0.5, 0.6) is 11.5 Å². The standard InChI is InChI=1S/C15H10F3NO2/c16-15(17,18)12-4-11(8-19)6-14(7-12)21-13-3-1-2-10(5-13)9-20/h1-7,20H,9H2. The Hall–Kier alpha value is -2.52. The van der Waals surface area contributed by atoms with E-state index in [0.717, 1.165) is 12.1 Å². The maximum atomic E-state index is 12.7. The lowest BCUT2D eigenvalue weighted by Gasteiger charge is -2.11. The van der Waals surface area contributed by atoms with Gasteiger partial charge in [0.05, 0.1) is 23.8 Å². The number of alkyl halides is 3. The zero-order valence-corrected chi connectivity index (χ0v) is 10.7. The summed E-state index contributed by atoms with van der Waals surface area (Å²) in [5.41, 5.74) is -0.520. The molecule has 0 saturated heterocycles. The smallest absolute Gasteiger partial charge is 0.416 e. The van der Waals surface area contributed by atoms with E-state index in [-0.39, 0.29) is 23.7 Å². The Kier molecular flexibility index (Phi) is 4.15. The van der Waals surface area contributed by atoms with Crippen molar-refractivity contribution in [3.63, 3.8) is 0 Å². The highest BCUT2D eigenvalue weighted by Gasteiger charge is 2.31. The van der Waals surface area contributed by atoms with Gasteiger partial charge in [-0.05, 0) is 35.9 Å². The highest BCUT2D eigenvalue weighted by Crippen LogP contribution is 2.34. The number of hydrogen-bond donors (Lipinski definition) is 1. The lowest BCUT2D eigenvalue weighted by atomic mass is 10.1. The molecule has 0 aromatic heterocycles. The van der Waals surface area contributed by atoms with Crippen LogP contribution in [0.25, 0.3) is 0 Å². The molecule has 0 bridgehead atoms. The molecule has 0 aliphatic heterocycles. The van der Waals surface area contributed by atoms with Crippen molar-refractivity contribution in [1.82, 2.24) is 0 Å². The molecular formula is C15H10F3NO2. The summed E-state index contributed by atoms with van der Waals surface area (Å²) in [6.07, 6.45) is -4.56. The summed E-state index contributed by atoms with van der Waals surface area (Å²) in [5.74, 6) is 0.196. The Morgan fingerprint density at radius 1 is 1.10 bits per heavy atom. The van der Waals surface area contributed by atoms with E-state index in [1.54, 1.807) is 24.3 Å². The molecule has 2 aromatic carbocycles. The van der Waals surface area contributed by atoms with E-state index < -0.39 is 11.7 Å². The molecule has 1 N–H and O–H groups in total. The first-order valence-corrected chi connectivity index (χ1v) is 5.92. The minimum atomic E-state index is -4.56. The van der Waals surface area contributed by atoms with Gasteiger partial charge in [0, 0.05) is 0 Å². The number of ether oxygens (including phenoxy) is 1. The van der Waals surface area contributed by atoms with E-state index in [2.05, 4.69) is 0 Å². The Balaban J connectivity index is 2.37. The number of aliphatic hydroxyl groups excluding tert-OH is 1. The first-order valence-electron chi connectivity index (χ1n) is 5.92. The second kappa shape index (κ2) is 5.85. The minimum Gasteiger partial charge on any atom is -0.457 e. The summed E-state index contributed by atoms with van der Waals surface area (Å²) in [6, 6.07) is 10.8. The van der Waals surface area contributed by atoms with E-state index in [9.17, 15) is 13.2 Å². The number of rotatable bonds is 3. The summed E-state index contributed by atoms with van der Waals surface area (Å²) in [4.78, 5) is 0. The number of benzene rings is 2. The van der Waals surface area contributed by atoms with Crippen molar-refractivity contribution in [2.75, 3.05) is 0 Å². The van der Waals surface area contributed by atoms with Gasteiger partial charge in [0.15, 0.2) is 0 Å². The third-order valence-corrected chi connectivity index (χ3v) is 2.68. The van der Waals surface area contributed by atoms with Crippen LogP contribution in [0.3, 0.4) is 0 Å². The van der Waals surface area contributed by atoms with Gasteiger partial charge >= 0.3 is 6.18 Å². The lowest BCUT2D eigenvalue weighted by molar-refractivity contribution is -0.137. The van der Waals surface area contributed by atoms with Gasteiger partial charge in [0.2, 0.25) is 0 Å². The largest absolute Gasteiger partial charge is 0.457 e. The fourth-order valence-electron chi connectivity index (χ4n) is 1.73. The average molecular weight is 293 g/mol. The topological polar surface area (TPSA) is 53.2 Å². The molecule has 0 aliphatic rings. The second-order valence-corrected chi connectivity index (χ2v) is 4.26. The summed E-state index contributed by atoms with van der Waals surface area (Å²) < 4.78 is 43.6. The van der Waals surface area contributed by atoms with Crippen LogP contribution in [-0.4, -0.2) is 5.11 Å². The predicted octanol–water partition coefficient (Wildman–Crippen LogP) is 3.86. The normalized spacial score (nSPS) is 11.0. The average Bonchev–Trinajstić information content (AvgIpc) is 2.46. The zero-order chi connectivity index (χ0) is 15.5. The molecule has 0 fully saturated rings. The fourth-order valence-corrected chi connectivity index (χ4v) is 1.73. The van der Waals surface area contributed by atoms with Crippen molar-refractivity contribution in [3.05, 3.63) is 59.2 Å². The SMILES string of the molecule is N#Cc1cc(Oc2cccc(CO)c2)cc(C(F)(F)F)c1. The number of nitriles is 1. The number of halogens is 3. The minimum absolute atomic E-state index is 0.0866. The van der Waals surface area contributed by atoms with Crippen molar-refractivity contribution in [1.29, 1.82) is 5.26 Å². The number of aliphatic hydroxyl groups is 1. The molecule has 3 nitrogen and oxygen atoms in total. The molecule has 2 aromatic rings. The molecule has 0 aliphatic carbocycles. The fraction of sp³-hybridized carbons (Fsp3) is 0.133. The van der Waals surface area contributed by atoms with Crippen LogP contribution < -0.4 is 4.74 Å². The molecule has 0 amide bonds. The van der Waals surface area contributed by atoms with E-state index >= 15 is 0 Å². The van der Waals surface area contributed by atoms with Gasteiger partial charge in [-0.1, -0.05) is 12.1 Å². The third kappa shape index (κ3) is 3.74. The second-order valence-electron chi connectivity index (χ2n) is 4.26. The Labute approximate surface area is 118 Å². The van der Waals surface area contributed by atoms with Gasteiger partial charge in [-0.15, -0.1) is 0 Å². The summed E-state index contributed by atoms with van der Waals surface area (Å²) in [7, 11) is 0. The molecule has 0 heterocycles. The molecule has 0 atom stereocenters. The van der Waals surface area contributed by atoms with Crippen LogP contribution in [-0.2, 0) is 12.8 Å². The van der Waals surface area contributed by atoms with Crippen LogP contribution in [0.4, 0.5) is 13.2 Å². The van der Waals surface area contributed by atoms with Crippen LogP contribution >= 0.6 is 0 Å². The number of nitrogens with zero attached hydrogens (tertiary/aromatic N) is 1. The van der Waals surface area contributed by atoms with E-state index in [1.165, 1.54) is 12.1 Å². The Morgan fingerprint density at radius 3 is 2.48 bits per heavy atom. The first kappa shape index (κ1) is 14.9. The molecule has 108 valence electrons.